The minimum atomic E-state index is -0.362. The summed E-state index contributed by atoms with van der Waals surface area (Å²) in [6, 6.07) is 9.54. The molecule has 7 nitrogen and oxygen atoms in total. The van der Waals surface area contributed by atoms with Crippen LogP contribution in [0.3, 0.4) is 0 Å². The summed E-state index contributed by atoms with van der Waals surface area (Å²) in [5.74, 6) is 0.0996. The number of aromatic nitrogens is 1. The van der Waals surface area contributed by atoms with Gasteiger partial charge < -0.3 is 9.15 Å². The summed E-state index contributed by atoms with van der Waals surface area (Å²) < 4.78 is 10.4. The Balaban J connectivity index is 2.14. The number of rotatable bonds is 6. The maximum atomic E-state index is 11.4. The van der Waals surface area contributed by atoms with Crippen LogP contribution < -0.4 is 5.43 Å². The number of esters is 1. The third kappa shape index (κ3) is 4.43. The first-order chi connectivity index (χ1) is 11.5. The molecule has 0 unspecified atom stereocenters. The zero-order valence-electron chi connectivity index (χ0n) is 13.8. The molecule has 7 heteroatoms. The molecular weight excluding hydrogens is 308 g/mol. The largest absolute Gasteiger partial charge is 0.466 e. The third-order valence-corrected chi connectivity index (χ3v) is 3.09. The van der Waals surface area contributed by atoms with E-state index in [1.807, 2.05) is 37.3 Å². The number of oxazole rings is 1. The molecule has 0 saturated carbocycles. The highest BCUT2D eigenvalue weighted by molar-refractivity contribution is 5.97. The van der Waals surface area contributed by atoms with Gasteiger partial charge in [0.25, 0.3) is 5.88 Å². The number of hydrazone groups is 1. The summed E-state index contributed by atoms with van der Waals surface area (Å²) in [5, 5.41) is 13.2. The molecule has 1 heterocycles. The number of hydrogen-bond acceptors (Lipinski definition) is 7. The predicted octanol–water partition coefficient (Wildman–Crippen LogP) is 3.26. The van der Waals surface area contributed by atoms with Crippen LogP contribution in [0.1, 0.15) is 31.5 Å². The predicted molar refractivity (Wildman–Crippen MR) is 89.4 cm³/mol. The van der Waals surface area contributed by atoms with E-state index in [-0.39, 0.29) is 24.0 Å². The van der Waals surface area contributed by atoms with Crippen LogP contribution in [0.25, 0.3) is 11.5 Å². The van der Waals surface area contributed by atoms with Crippen molar-refractivity contribution in [1.29, 1.82) is 5.26 Å². The Kier molecular flexibility index (Phi) is 5.68. The third-order valence-electron chi connectivity index (χ3n) is 3.09. The zero-order chi connectivity index (χ0) is 17.5. The molecule has 0 spiro atoms. The van der Waals surface area contributed by atoms with E-state index >= 15 is 0 Å². The van der Waals surface area contributed by atoms with Gasteiger partial charge in [-0.3, -0.25) is 4.79 Å². The second-order valence-electron chi connectivity index (χ2n) is 5.12. The highest BCUT2D eigenvalue weighted by Gasteiger charge is 2.14. The van der Waals surface area contributed by atoms with E-state index in [4.69, 9.17) is 14.4 Å². The fraction of sp³-hybridized carbons (Fsp3) is 0.294. The van der Waals surface area contributed by atoms with Gasteiger partial charge in [0.15, 0.2) is 0 Å². The van der Waals surface area contributed by atoms with Crippen molar-refractivity contribution >= 4 is 17.6 Å². The van der Waals surface area contributed by atoms with E-state index in [0.29, 0.717) is 18.2 Å². The van der Waals surface area contributed by atoms with Gasteiger partial charge in [0.05, 0.1) is 13.0 Å². The molecule has 1 N–H and O–H groups in total. The lowest BCUT2D eigenvalue weighted by Gasteiger charge is -2.01. The lowest BCUT2D eigenvalue weighted by Crippen LogP contribution is -2.10. The standard InChI is InChI=1S/C17H18N4O3/c1-4-23-15(22)9-12(3)20-21-17-14(10-18)19-16(24-17)13-7-5-11(2)6-8-13/h5-8,21H,4,9H2,1-3H3. The monoisotopic (exact) mass is 326 g/mol. The first-order valence-electron chi connectivity index (χ1n) is 7.46. The number of ether oxygens (including phenoxy) is 1. The quantitative estimate of drug-likeness (QED) is 0.497. The number of carbonyl (C=O) groups excluding carboxylic acids is 1. The van der Waals surface area contributed by atoms with Gasteiger partial charge in [-0.2, -0.15) is 15.3 Å². The van der Waals surface area contributed by atoms with E-state index in [0.717, 1.165) is 11.1 Å². The molecule has 0 radical (unpaired) electrons. The Bertz CT molecular complexity index is 785. The number of nitrogens with zero attached hydrogens (tertiary/aromatic N) is 3. The van der Waals surface area contributed by atoms with Crippen molar-refractivity contribution in [2.24, 2.45) is 5.10 Å². The number of benzene rings is 1. The summed E-state index contributed by atoms with van der Waals surface area (Å²) in [6.07, 6.45) is 0.0572. The van der Waals surface area contributed by atoms with Crippen LogP contribution in [0.4, 0.5) is 5.88 Å². The molecule has 0 aliphatic carbocycles. The number of nitriles is 1. The number of nitrogens with one attached hydrogen (secondary N) is 1. The Labute approximate surface area is 140 Å². The van der Waals surface area contributed by atoms with Gasteiger partial charge >= 0.3 is 5.97 Å². The molecule has 1 aromatic carbocycles. The molecular formula is C17H18N4O3. The molecule has 0 amide bonds. The van der Waals surface area contributed by atoms with E-state index < -0.39 is 0 Å². The highest BCUT2D eigenvalue weighted by Crippen LogP contribution is 2.25. The molecule has 2 aromatic rings. The first kappa shape index (κ1) is 17.2. The molecule has 0 saturated heterocycles. The van der Waals surface area contributed by atoms with E-state index in [9.17, 15) is 4.79 Å². The zero-order valence-corrected chi connectivity index (χ0v) is 13.8. The van der Waals surface area contributed by atoms with Crippen LogP contribution in [-0.2, 0) is 9.53 Å². The average Bonchev–Trinajstić information content (AvgIpc) is 2.97. The van der Waals surface area contributed by atoms with E-state index in [1.54, 1.807) is 13.8 Å². The summed E-state index contributed by atoms with van der Waals surface area (Å²) in [4.78, 5) is 15.5. The number of hydrogen-bond donors (Lipinski definition) is 1. The number of carbonyl (C=O) groups is 1. The Morgan fingerprint density at radius 2 is 2.12 bits per heavy atom. The van der Waals surface area contributed by atoms with Crippen LogP contribution in [0.5, 0.6) is 0 Å². The van der Waals surface area contributed by atoms with Crippen molar-refractivity contribution in [2.75, 3.05) is 12.0 Å². The van der Waals surface area contributed by atoms with Gasteiger partial charge in [-0.1, -0.05) is 17.7 Å². The van der Waals surface area contributed by atoms with Gasteiger partial charge in [0.2, 0.25) is 11.6 Å². The van der Waals surface area contributed by atoms with Gasteiger partial charge in [-0.15, -0.1) is 0 Å². The Morgan fingerprint density at radius 1 is 1.42 bits per heavy atom. The molecule has 0 atom stereocenters. The fourth-order valence-corrected chi connectivity index (χ4v) is 1.90. The molecule has 0 aliphatic heterocycles. The summed E-state index contributed by atoms with van der Waals surface area (Å²) in [5.41, 5.74) is 5.12. The maximum absolute atomic E-state index is 11.4. The van der Waals surface area contributed by atoms with Crippen molar-refractivity contribution in [2.45, 2.75) is 27.2 Å². The number of anilines is 1. The number of aryl methyl sites for hydroxylation is 1. The van der Waals surface area contributed by atoms with Crippen molar-refractivity contribution in [3.63, 3.8) is 0 Å². The summed E-state index contributed by atoms with van der Waals surface area (Å²) in [7, 11) is 0. The SMILES string of the molecule is CCOC(=O)CC(C)=NNc1oc(-c2ccc(C)cc2)nc1C#N. The molecule has 0 fully saturated rings. The lowest BCUT2D eigenvalue weighted by molar-refractivity contribution is -0.141. The van der Waals surface area contributed by atoms with Crippen molar-refractivity contribution < 1.29 is 13.9 Å². The first-order valence-corrected chi connectivity index (χ1v) is 7.46. The minimum absolute atomic E-state index is 0.0572. The van der Waals surface area contributed by atoms with Crippen LogP contribution in [0.2, 0.25) is 0 Å². The van der Waals surface area contributed by atoms with Gasteiger partial charge in [0.1, 0.15) is 6.07 Å². The highest BCUT2D eigenvalue weighted by atomic mass is 16.5. The Morgan fingerprint density at radius 3 is 2.75 bits per heavy atom. The fourth-order valence-electron chi connectivity index (χ4n) is 1.90. The smallest absolute Gasteiger partial charge is 0.311 e. The summed E-state index contributed by atoms with van der Waals surface area (Å²) >= 11 is 0. The molecule has 0 bridgehead atoms. The van der Waals surface area contributed by atoms with Crippen LogP contribution in [-0.4, -0.2) is 23.3 Å². The molecule has 24 heavy (non-hydrogen) atoms. The van der Waals surface area contributed by atoms with Crippen LogP contribution in [0.15, 0.2) is 33.8 Å². The van der Waals surface area contributed by atoms with E-state index in [2.05, 4.69) is 15.5 Å². The molecule has 2 rings (SSSR count). The molecule has 124 valence electrons. The lowest BCUT2D eigenvalue weighted by atomic mass is 10.1. The van der Waals surface area contributed by atoms with Crippen LogP contribution >= 0.6 is 0 Å². The average molecular weight is 326 g/mol. The molecule has 0 aliphatic rings. The van der Waals surface area contributed by atoms with Crippen molar-refractivity contribution in [3.8, 4) is 17.5 Å². The second kappa shape index (κ2) is 7.92. The van der Waals surface area contributed by atoms with Gasteiger partial charge in [0, 0.05) is 11.3 Å². The maximum Gasteiger partial charge on any atom is 0.311 e. The Hall–Kier alpha value is -3.14. The topological polar surface area (TPSA) is 101 Å². The minimum Gasteiger partial charge on any atom is -0.466 e. The van der Waals surface area contributed by atoms with Gasteiger partial charge in [-0.05, 0) is 32.9 Å². The second-order valence-corrected chi connectivity index (χ2v) is 5.12. The molecule has 1 aromatic heterocycles. The van der Waals surface area contributed by atoms with Gasteiger partial charge in [-0.25, -0.2) is 5.43 Å². The normalized spacial score (nSPS) is 11.0. The summed E-state index contributed by atoms with van der Waals surface area (Å²) in [6.45, 7) is 5.71. The van der Waals surface area contributed by atoms with E-state index in [1.165, 1.54) is 0 Å². The van der Waals surface area contributed by atoms with Crippen molar-refractivity contribution in [3.05, 3.63) is 35.5 Å². The van der Waals surface area contributed by atoms with Crippen molar-refractivity contribution in [1.82, 2.24) is 4.98 Å². The van der Waals surface area contributed by atoms with Crippen LogP contribution in [0, 0.1) is 18.3 Å².